The summed E-state index contributed by atoms with van der Waals surface area (Å²) in [5.74, 6) is 0.748. The zero-order chi connectivity index (χ0) is 14.6. The highest BCUT2D eigenvalue weighted by atomic mass is 16.5. The molecular weight excluding hydrogens is 252 g/mol. The van der Waals surface area contributed by atoms with Crippen molar-refractivity contribution in [2.75, 3.05) is 26.2 Å². The Morgan fingerprint density at radius 1 is 1.30 bits per heavy atom. The minimum atomic E-state index is -0.572. The minimum Gasteiger partial charge on any atom is -0.465 e. The van der Waals surface area contributed by atoms with Crippen LogP contribution in [-0.4, -0.2) is 48.7 Å². The van der Waals surface area contributed by atoms with Crippen LogP contribution in [0, 0.1) is 5.92 Å². The Hall–Kier alpha value is -0.610. The molecule has 1 aliphatic carbocycles. The van der Waals surface area contributed by atoms with Crippen LogP contribution in [0.3, 0.4) is 0 Å². The number of likely N-dealkylation sites (N-methyl/N-ethyl adjacent to an activating group) is 1. The lowest BCUT2D eigenvalue weighted by atomic mass is 9.85. The Balaban J connectivity index is 2.02. The van der Waals surface area contributed by atoms with Gasteiger partial charge in [0.25, 0.3) is 0 Å². The number of hydrogen-bond acceptors (Lipinski definition) is 4. The summed E-state index contributed by atoms with van der Waals surface area (Å²) in [6.45, 7) is 9.06. The largest absolute Gasteiger partial charge is 0.465 e. The van der Waals surface area contributed by atoms with Gasteiger partial charge < -0.3 is 10.1 Å². The molecule has 4 nitrogen and oxygen atoms in total. The number of nitrogens with one attached hydrogen (secondary N) is 1. The van der Waals surface area contributed by atoms with Crippen molar-refractivity contribution in [1.82, 2.24) is 10.2 Å². The van der Waals surface area contributed by atoms with Crippen LogP contribution >= 0.6 is 0 Å². The Kier molecular flexibility index (Phi) is 5.44. The summed E-state index contributed by atoms with van der Waals surface area (Å²) < 4.78 is 5.28. The first-order chi connectivity index (χ1) is 9.60. The van der Waals surface area contributed by atoms with Gasteiger partial charge in [0.15, 0.2) is 0 Å². The molecule has 3 atom stereocenters. The van der Waals surface area contributed by atoms with Crippen molar-refractivity contribution in [3.8, 4) is 0 Å². The summed E-state index contributed by atoms with van der Waals surface area (Å²) in [6, 6.07) is 0.691. The summed E-state index contributed by atoms with van der Waals surface area (Å²) in [6.07, 6.45) is 6.70. The van der Waals surface area contributed by atoms with Crippen LogP contribution in [-0.2, 0) is 9.53 Å². The van der Waals surface area contributed by atoms with E-state index < -0.39 is 5.54 Å². The van der Waals surface area contributed by atoms with Crippen LogP contribution in [0.4, 0.5) is 0 Å². The molecular formula is C16H30N2O2. The molecule has 116 valence electrons. The smallest absolute Gasteiger partial charge is 0.327 e. The van der Waals surface area contributed by atoms with Crippen molar-refractivity contribution >= 4 is 5.97 Å². The first-order valence-electron chi connectivity index (χ1n) is 8.27. The number of ether oxygens (including phenoxy) is 1. The minimum absolute atomic E-state index is 0.110. The third-order valence-corrected chi connectivity index (χ3v) is 4.94. The molecule has 0 radical (unpaired) electrons. The lowest BCUT2D eigenvalue weighted by Crippen LogP contribution is -2.58. The first kappa shape index (κ1) is 15.8. The second-order valence-electron chi connectivity index (χ2n) is 6.45. The molecule has 2 fully saturated rings. The average Bonchev–Trinajstić information content (AvgIpc) is 2.83. The van der Waals surface area contributed by atoms with Crippen molar-refractivity contribution in [2.45, 2.75) is 64.5 Å². The molecule has 1 saturated heterocycles. The maximum absolute atomic E-state index is 12.3. The maximum Gasteiger partial charge on any atom is 0.327 e. The summed E-state index contributed by atoms with van der Waals surface area (Å²) >= 11 is 0. The Bertz CT molecular complexity index is 334. The van der Waals surface area contributed by atoms with Crippen molar-refractivity contribution in [3.05, 3.63) is 0 Å². The van der Waals surface area contributed by atoms with Crippen LogP contribution in [0.2, 0.25) is 0 Å². The normalized spacial score (nSPS) is 29.8. The van der Waals surface area contributed by atoms with Crippen LogP contribution in [0.1, 0.15) is 52.9 Å². The molecule has 3 unspecified atom stereocenters. The number of carbonyl (C=O) groups excluding carboxylic acids is 1. The monoisotopic (exact) mass is 282 g/mol. The van der Waals surface area contributed by atoms with Gasteiger partial charge in [-0.3, -0.25) is 9.69 Å². The molecule has 4 heteroatoms. The van der Waals surface area contributed by atoms with Gasteiger partial charge in [0, 0.05) is 12.6 Å². The second-order valence-corrected chi connectivity index (χ2v) is 6.45. The second kappa shape index (κ2) is 6.90. The number of fused-ring (bicyclic) bond motifs is 1. The van der Waals surface area contributed by atoms with E-state index in [0.717, 1.165) is 25.6 Å². The molecule has 20 heavy (non-hydrogen) atoms. The van der Waals surface area contributed by atoms with Crippen LogP contribution < -0.4 is 5.32 Å². The fourth-order valence-corrected chi connectivity index (χ4v) is 3.98. The molecule has 0 amide bonds. The van der Waals surface area contributed by atoms with E-state index in [9.17, 15) is 4.79 Å². The van der Waals surface area contributed by atoms with E-state index in [0.29, 0.717) is 12.6 Å². The highest BCUT2D eigenvalue weighted by Crippen LogP contribution is 2.36. The fourth-order valence-electron chi connectivity index (χ4n) is 3.98. The molecule has 0 aromatic heterocycles. The molecule has 1 N–H and O–H groups in total. The van der Waals surface area contributed by atoms with E-state index in [1.807, 2.05) is 20.8 Å². The van der Waals surface area contributed by atoms with E-state index in [2.05, 4.69) is 10.2 Å². The Labute approximate surface area is 123 Å². The van der Waals surface area contributed by atoms with Crippen LogP contribution in [0.25, 0.3) is 0 Å². The van der Waals surface area contributed by atoms with Crippen LogP contribution in [0.15, 0.2) is 0 Å². The van der Waals surface area contributed by atoms with Gasteiger partial charge in [0.05, 0.1) is 6.61 Å². The molecule has 0 spiro atoms. The zero-order valence-electron chi connectivity index (χ0n) is 13.3. The van der Waals surface area contributed by atoms with Crippen molar-refractivity contribution in [1.29, 1.82) is 0 Å². The topological polar surface area (TPSA) is 41.6 Å². The quantitative estimate of drug-likeness (QED) is 0.758. The lowest BCUT2D eigenvalue weighted by molar-refractivity contribution is -0.151. The maximum atomic E-state index is 12.3. The molecule has 0 bridgehead atoms. The number of rotatable bonds is 6. The van der Waals surface area contributed by atoms with E-state index in [1.54, 1.807) is 0 Å². The Morgan fingerprint density at radius 3 is 2.75 bits per heavy atom. The van der Waals surface area contributed by atoms with Crippen molar-refractivity contribution in [3.63, 3.8) is 0 Å². The van der Waals surface area contributed by atoms with E-state index in [1.165, 1.54) is 32.1 Å². The molecule has 0 aromatic carbocycles. The summed E-state index contributed by atoms with van der Waals surface area (Å²) in [4.78, 5) is 14.8. The van der Waals surface area contributed by atoms with E-state index >= 15 is 0 Å². The molecule has 1 aliphatic heterocycles. The molecule has 2 aliphatic rings. The van der Waals surface area contributed by atoms with Gasteiger partial charge in [0.2, 0.25) is 0 Å². The standard InChI is InChI=1S/C16H30N2O2/c1-4-17-16(3,15(19)20-5-2)12-18-11-10-13-8-6-7-9-14(13)18/h13-14,17H,4-12H2,1-3H3. The fraction of sp³-hybridized carbons (Fsp3) is 0.938. The van der Waals surface area contributed by atoms with Gasteiger partial charge in [-0.05, 0) is 52.1 Å². The van der Waals surface area contributed by atoms with Gasteiger partial charge in [-0.25, -0.2) is 0 Å². The van der Waals surface area contributed by atoms with E-state index in [4.69, 9.17) is 4.74 Å². The third-order valence-electron chi connectivity index (χ3n) is 4.94. The summed E-state index contributed by atoms with van der Waals surface area (Å²) in [5.41, 5.74) is -0.572. The SMILES string of the molecule is CCNC(C)(CN1CCC2CCCCC21)C(=O)OCC. The zero-order valence-corrected chi connectivity index (χ0v) is 13.3. The van der Waals surface area contributed by atoms with E-state index in [-0.39, 0.29) is 5.97 Å². The number of nitrogens with zero attached hydrogens (tertiary/aromatic N) is 1. The van der Waals surface area contributed by atoms with Crippen molar-refractivity contribution < 1.29 is 9.53 Å². The summed E-state index contributed by atoms with van der Waals surface area (Å²) in [5, 5.41) is 3.35. The number of esters is 1. The predicted molar refractivity (Wildman–Crippen MR) is 80.7 cm³/mol. The van der Waals surface area contributed by atoms with Gasteiger partial charge >= 0.3 is 5.97 Å². The summed E-state index contributed by atoms with van der Waals surface area (Å²) in [7, 11) is 0. The molecule has 2 rings (SSSR count). The van der Waals surface area contributed by atoms with Gasteiger partial charge in [-0.2, -0.15) is 0 Å². The number of carbonyl (C=O) groups is 1. The van der Waals surface area contributed by atoms with Gasteiger partial charge in [-0.1, -0.05) is 19.8 Å². The lowest BCUT2D eigenvalue weighted by Gasteiger charge is -2.37. The van der Waals surface area contributed by atoms with Crippen molar-refractivity contribution in [2.24, 2.45) is 5.92 Å². The average molecular weight is 282 g/mol. The first-order valence-corrected chi connectivity index (χ1v) is 8.27. The molecule has 1 saturated carbocycles. The number of hydrogen-bond donors (Lipinski definition) is 1. The van der Waals surface area contributed by atoms with Gasteiger partial charge in [0.1, 0.15) is 5.54 Å². The number of likely N-dealkylation sites (tertiary alicyclic amines) is 1. The molecule has 0 aromatic rings. The Morgan fingerprint density at radius 2 is 2.05 bits per heavy atom. The van der Waals surface area contributed by atoms with Crippen LogP contribution in [0.5, 0.6) is 0 Å². The predicted octanol–water partition coefficient (Wildman–Crippen LogP) is 2.18. The van der Waals surface area contributed by atoms with Gasteiger partial charge in [-0.15, -0.1) is 0 Å². The third kappa shape index (κ3) is 3.34. The molecule has 1 heterocycles. The highest BCUT2D eigenvalue weighted by Gasteiger charge is 2.42. The highest BCUT2D eigenvalue weighted by molar-refractivity contribution is 5.80.